The lowest BCUT2D eigenvalue weighted by atomic mass is 10.1. The maximum absolute atomic E-state index is 11.4. The second-order valence-electron chi connectivity index (χ2n) is 2.63. The minimum Gasteiger partial charge on any atom is -0.393 e. The molecule has 0 aromatic carbocycles. The summed E-state index contributed by atoms with van der Waals surface area (Å²) in [5, 5.41) is 6.45. The van der Waals surface area contributed by atoms with Gasteiger partial charge in [-0.25, -0.2) is 0 Å². The van der Waals surface area contributed by atoms with Crippen molar-refractivity contribution in [3.63, 3.8) is 0 Å². The van der Waals surface area contributed by atoms with Gasteiger partial charge in [-0.05, 0) is 18.4 Å². The van der Waals surface area contributed by atoms with E-state index < -0.39 is 5.92 Å². The SMILES string of the molecule is CC(C(=O)Nc1ccsc1)C(N)=S. The number of amides is 1. The van der Waals surface area contributed by atoms with Crippen molar-refractivity contribution >= 4 is 40.1 Å². The molecule has 1 atom stereocenters. The highest BCUT2D eigenvalue weighted by Gasteiger charge is 2.15. The number of rotatable bonds is 3. The molecule has 1 heterocycles. The van der Waals surface area contributed by atoms with Crippen LogP contribution in [0, 0.1) is 5.92 Å². The summed E-state index contributed by atoms with van der Waals surface area (Å²) in [5.41, 5.74) is 6.13. The second kappa shape index (κ2) is 4.34. The van der Waals surface area contributed by atoms with Crippen molar-refractivity contribution in [3.8, 4) is 0 Å². The number of anilines is 1. The molecule has 1 rings (SSSR count). The highest BCUT2D eigenvalue weighted by Crippen LogP contribution is 2.12. The first-order valence-corrected chi connectivity index (χ1v) is 5.08. The number of thiocarbonyl (C=S) groups is 1. The minimum absolute atomic E-state index is 0.161. The van der Waals surface area contributed by atoms with Crippen molar-refractivity contribution in [1.82, 2.24) is 0 Å². The fourth-order valence-electron chi connectivity index (χ4n) is 0.715. The molecule has 0 spiro atoms. The normalized spacial score (nSPS) is 12.1. The Morgan fingerprint density at radius 2 is 2.46 bits per heavy atom. The van der Waals surface area contributed by atoms with Crippen molar-refractivity contribution in [2.24, 2.45) is 11.7 Å². The second-order valence-corrected chi connectivity index (χ2v) is 3.88. The largest absolute Gasteiger partial charge is 0.393 e. The van der Waals surface area contributed by atoms with Gasteiger partial charge in [0.1, 0.15) is 0 Å². The van der Waals surface area contributed by atoms with Crippen LogP contribution in [0.4, 0.5) is 5.69 Å². The van der Waals surface area contributed by atoms with E-state index in [4.69, 9.17) is 18.0 Å². The van der Waals surface area contributed by atoms with Gasteiger partial charge < -0.3 is 11.1 Å². The summed E-state index contributed by atoms with van der Waals surface area (Å²) in [6.45, 7) is 1.68. The molecular weight excluding hydrogens is 204 g/mol. The van der Waals surface area contributed by atoms with Crippen molar-refractivity contribution in [2.75, 3.05) is 5.32 Å². The number of nitrogens with one attached hydrogen (secondary N) is 1. The monoisotopic (exact) mass is 214 g/mol. The van der Waals surface area contributed by atoms with Gasteiger partial charge in [-0.3, -0.25) is 4.79 Å². The Hall–Kier alpha value is -0.940. The lowest BCUT2D eigenvalue weighted by molar-refractivity contribution is -0.117. The van der Waals surface area contributed by atoms with Gasteiger partial charge in [0.15, 0.2) is 0 Å². The predicted molar refractivity (Wildman–Crippen MR) is 58.9 cm³/mol. The Bertz CT molecular complexity index is 308. The molecule has 3 N–H and O–H groups in total. The third kappa shape index (κ3) is 2.78. The molecule has 70 valence electrons. The van der Waals surface area contributed by atoms with Gasteiger partial charge in [0.25, 0.3) is 0 Å². The molecule has 0 aliphatic carbocycles. The minimum atomic E-state index is -0.421. The average molecular weight is 214 g/mol. The zero-order chi connectivity index (χ0) is 9.84. The number of hydrogen-bond acceptors (Lipinski definition) is 3. The zero-order valence-corrected chi connectivity index (χ0v) is 8.74. The molecule has 13 heavy (non-hydrogen) atoms. The fourth-order valence-corrected chi connectivity index (χ4v) is 1.41. The van der Waals surface area contributed by atoms with Gasteiger partial charge in [-0.1, -0.05) is 12.2 Å². The molecule has 1 aromatic rings. The quantitative estimate of drug-likeness (QED) is 0.752. The van der Waals surface area contributed by atoms with E-state index in [1.807, 2.05) is 16.8 Å². The standard InChI is InChI=1S/C8H10N2OS2/c1-5(7(9)12)8(11)10-6-2-3-13-4-6/h2-5H,1H3,(H2,9,12)(H,10,11). The molecule has 1 aromatic heterocycles. The van der Waals surface area contributed by atoms with Crippen LogP contribution < -0.4 is 11.1 Å². The van der Waals surface area contributed by atoms with Gasteiger partial charge in [0.05, 0.1) is 16.6 Å². The van der Waals surface area contributed by atoms with Gasteiger partial charge >= 0.3 is 0 Å². The van der Waals surface area contributed by atoms with E-state index in [2.05, 4.69) is 5.32 Å². The molecule has 5 heteroatoms. The van der Waals surface area contributed by atoms with Crippen LogP contribution in [0.15, 0.2) is 16.8 Å². The van der Waals surface area contributed by atoms with E-state index in [0.29, 0.717) is 0 Å². The van der Waals surface area contributed by atoms with Gasteiger partial charge in [0.2, 0.25) is 5.91 Å². The van der Waals surface area contributed by atoms with Crippen molar-refractivity contribution < 1.29 is 4.79 Å². The van der Waals surface area contributed by atoms with Crippen LogP contribution in [-0.2, 0) is 4.79 Å². The number of carbonyl (C=O) groups excluding carboxylic acids is 1. The topological polar surface area (TPSA) is 55.1 Å². The van der Waals surface area contributed by atoms with E-state index >= 15 is 0 Å². The van der Waals surface area contributed by atoms with Crippen LogP contribution in [0.2, 0.25) is 0 Å². The number of nitrogens with two attached hydrogens (primary N) is 1. The Kier molecular flexibility index (Phi) is 3.39. The van der Waals surface area contributed by atoms with Crippen LogP contribution in [0.25, 0.3) is 0 Å². The van der Waals surface area contributed by atoms with Crippen molar-refractivity contribution in [3.05, 3.63) is 16.8 Å². The van der Waals surface area contributed by atoms with Crippen LogP contribution in [0.3, 0.4) is 0 Å². The van der Waals surface area contributed by atoms with E-state index in [-0.39, 0.29) is 10.9 Å². The molecular formula is C8H10N2OS2. The Balaban J connectivity index is 2.56. The van der Waals surface area contributed by atoms with E-state index in [1.54, 1.807) is 6.92 Å². The van der Waals surface area contributed by atoms with E-state index in [9.17, 15) is 4.79 Å². The first-order chi connectivity index (χ1) is 6.11. The highest BCUT2D eigenvalue weighted by molar-refractivity contribution is 7.80. The maximum Gasteiger partial charge on any atom is 0.234 e. The van der Waals surface area contributed by atoms with Crippen LogP contribution in [-0.4, -0.2) is 10.9 Å². The Labute approximate surface area is 85.9 Å². The van der Waals surface area contributed by atoms with E-state index in [0.717, 1.165) is 5.69 Å². The maximum atomic E-state index is 11.4. The fraction of sp³-hybridized carbons (Fsp3) is 0.250. The molecule has 0 saturated carbocycles. The van der Waals surface area contributed by atoms with Crippen LogP contribution in [0.5, 0.6) is 0 Å². The summed E-state index contributed by atoms with van der Waals surface area (Å²) in [4.78, 5) is 11.6. The van der Waals surface area contributed by atoms with Gasteiger partial charge in [-0.2, -0.15) is 11.3 Å². The van der Waals surface area contributed by atoms with Gasteiger partial charge in [-0.15, -0.1) is 0 Å². The summed E-state index contributed by atoms with van der Waals surface area (Å²) in [6.07, 6.45) is 0. The molecule has 1 unspecified atom stereocenters. The molecule has 0 saturated heterocycles. The molecule has 0 fully saturated rings. The van der Waals surface area contributed by atoms with E-state index in [1.165, 1.54) is 11.3 Å². The number of carbonyl (C=O) groups is 1. The lowest BCUT2D eigenvalue weighted by Gasteiger charge is -2.08. The molecule has 3 nitrogen and oxygen atoms in total. The number of thiophene rings is 1. The molecule has 0 bridgehead atoms. The van der Waals surface area contributed by atoms with Crippen molar-refractivity contribution in [2.45, 2.75) is 6.92 Å². The molecule has 1 amide bonds. The van der Waals surface area contributed by atoms with Crippen LogP contribution >= 0.6 is 23.6 Å². The third-order valence-electron chi connectivity index (χ3n) is 1.61. The summed E-state index contributed by atoms with van der Waals surface area (Å²) >= 11 is 6.23. The molecule has 0 aliphatic heterocycles. The predicted octanol–water partition coefficient (Wildman–Crippen LogP) is 1.61. The van der Waals surface area contributed by atoms with Crippen molar-refractivity contribution in [1.29, 1.82) is 0 Å². The lowest BCUT2D eigenvalue weighted by Crippen LogP contribution is -2.30. The molecule has 0 radical (unpaired) electrons. The summed E-state index contributed by atoms with van der Waals surface area (Å²) < 4.78 is 0. The molecule has 0 aliphatic rings. The third-order valence-corrected chi connectivity index (χ3v) is 2.65. The highest BCUT2D eigenvalue weighted by atomic mass is 32.1. The van der Waals surface area contributed by atoms with Gasteiger partial charge in [0, 0.05) is 5.38 Å². The first kappa shape index (κ1) is 10.1. The smallest absolute Gasteiger partial charge is 0.234 e. The average Bonchev–Trinajstić information content (AvgIpc) is 2.55. The summed E-state index contributed by atoms with van der Waals surface area (Å²) in [6, 6.07) is 1.83. The zero-order valence-electron chi connectivity index (χ0n) is 7.11. The Morgan fingerprint density at radius 3 is 2.92 bits per heavy atom. The first-order valence-electron chi connectivity index (χ1n) is 3.73. The van der Waals surface area contributed by atoms with Crippen LogP contribution in [0.1, 0.15) is 6.92 Å². The summed E-state index contributed by atoms with van der Waals surface area (Å²) in [7, 11) is 0. The Morgan fingerprint density at radius 1 is 1.77 bits per heavy atom. The summed E-state index contributed by atoms with van der Waals surface area (Å²) in [5.74, 6) is -0.583. The number of hydrogen-bond donors (Lipinski definition) is 2.